The van der Waals surface area contributed by atoms with Crippen LogP contribution in [0.3, 0.4) is 0 Å². The Balaban J connectivity index is 2.54. The molecular weight excluding hydrogens is 206 g/mol. The Morgan fingerprint density at radius 3 is 2.38 bits per heavy atom. The lowest BCUT2D eigenvalue weighted by atomic mass is 9.82. The maximum Gasteiger partial charge on any atom is 0.313 e. The van der Waals surface area contributed by atoms with Crippen molar-refractivity contribution in [1.29, 1.82) is 0 Å². The fourth-order valence-corrected chi connectivity index (χ4v) is 1.98. The molecule has 0 spiro atoms. The first kappa shape index (κ1) is 13.5. The van der Waals surface area contributed by atoms with E-state index in [0.717, 1.165) is 25.7 Å². The molecule has 0 aromatic carbocycles. The Kier molecular flexibility index (Phi) is 5.22. The zero-order chi connectivity index (χ0) is 12.0. The van der Waals surface area contributed by atoms with Crippen LogP contribution in [-0.4, -0.2) is 31.8 Å². The number of ether oxygens (including phenoxy) is 2. The van der Waals surface area contributed by atoms with E-state index in [0.29, 0.717) is 19.8 Å². The predicted octanol–water partition coefficient (Wildman–Crippen LogP) is 1.47. The lowest BCUT2D eigenvalue weighted by molar-refractivity contribution is -0.165. The molecule has 0 bridgehead atoms. The highest BCUT2D eigenvalue weighted by molar-refractivity contribution is 5.77. The van der Waals surface area contributed by atoms with Crippen molar-refractivity contribution in [2.45, 2.75) is 45.6 Å². The van der Waals surface area contributed by atoms with Crippen molar-refractivity contribution < 1.29 is 14.3 Å². The van der Waals surface area contributed by atoms with Gasteiger partial charge in [-0.15, -0.1) is 0 Å². The highest BCUT2D eigenvalue weighted by atomic mass is 16.6. The summed E-state index contributed by atoms with van der Waals surface area (Å²) in [5.74, 6) is -0.132. The molecule has 0 unspecified atom stereocenters. The fraction of sp³-hybridized carbons (Fsp3) is 0.917. The highest BCUT2D eigenvalue weighted by Crippen LogP contribution is 2.28. The van der Waals surface area contributed by atoms with Gasteiger partial charge in [0.15, 0.2) is 0 Å². The summed E-state index contributed by atoms with van der Waals surface area (Å²) in [4.78, 5) is 12.1. The third kappa shape index (κ3) is 2.95. The Morgan fingerprint density at radius 1 is 1.38 bits per heavy atom. The summed E-state index contributed by atoms with van der Waals surface area (Å²) in [6.07, 6.45) is 3.11. The van der Waals surface area contributed by atoms with Crippen LogP contribution in [0.1, 0.15) is 39.5 Å². The zero-order valence-corrected chi connectivity index (χ0v) is 10.3. The number of esters is 1. The lowest BCUT2D eigenvalue weighted by Gasteiger charge is -2.31. The number of nitrogens with two attached hydrogens (primary N) is 1. The second-order valence-corrected chi connectivity index (χ2v) is 4.41. The van der Waals surface area contributed by atoms with Crippen molar-refractivity contribution >= 4 is 5.97 Å². The minimum atomic E-state index is -0.488. The minimum Gasteiger partial charge on any atom is -0.462 e. The Bertz CT molecular complexity index is 212. The van der Waals surface area contributed by atoms with Crippen LogP contribution in [0.5, 0.6) is 0 Å². The topological polar surface area (TPSA) is 61.6 Å². The van der Waals surface area contributed by atoms with Crippen molar-refractivity contribution in [1.82, 2.24) is 0 Å². The fourth-order valence-electron chi connectivity index (χ4n) is 1.98. The Morgan fingerprint density at radius 2 is 1.94 bits per heavy atom. The largest absolute Gasteiger partial charge is 0.462 e. The summed E-state index contributed by atoms with van der Waals surface area (Å²) in [7, 11) is 0. The summed E-state index contributed by atoms with van der Waals surface area (Å²) < 4.78 is 10.8. The summed E-state index contributed by atoms with van der Waals surface area (Å²) in [5, 5.41) is 0. The quantitative estimate of drug-likeness (QED) is 0.725. The van der Waals surface area contributed by atoms with Gasteiger partial charge in [0.05, 0.1) is 18.6 Å². The smallest absolute Gasteiger partial charge is 0.313 e. The van der Waals surface area contributed by atoms with Crippen molar-refractivity contribution in [2.75, 3.05) is 19.8 Å². The van der Waals surface area contributed by atoms with E-state index in [-0.39, 0.29) is 12.1 Å². The van der Waals surface area contributed by atoms with Crippen LogP contribution in [0, 0.1) is 5.41 Å². The Labute approximate surface area is 97.5 Å². The molecule has 1 saturated heterocycles. The standard InChI is InChI=1S/C12H23NO3/c1-3-12(4-2,9-13)11(14)16-10-5-7-15-8-6-10/h10H,3-9,13H2,1-2H3. The molecule has 4 nitrogen and oxygen atoms in total. The van der Waals surface area contributed by atoms with Gasteiger partial charge >= 0.3 is 5.97 Å². The molecular formula is C12H23NO3. The molecule has 1 fully saturated rings. The molecule has 1 heterocycles. The van der Waals surface area contributed by atoms with E-state index in [9.17, 15) is 4.79 Å². The van der Waals surface area contributed by atoms with Gasteiger partial charge in [-0.3, -0.25) is 4.79 Å². The van der Waals surface area contributed by atoms with E-state index in [4.69, 9.17) is 15.2 Å². The molecule has 1 rings (SSSR count). The van der Waals surface area contributed by atoms with Gasteiger partial charge < -0.3 is 15.2 Å². The molecule has 0 amide bonds. The molecule has 2 N–H and O–H groups in total. The second-order valence-electron chi connectivity index (χ2n) is 4.41. The van der Waals surface area contributed by atoms with E-state index in [1.807, 2.05) is 13.8 Å². The van der Waals surface area contributed by atoms with E-state index < -0.39 is 5.41 Å². The van der Waals surface area contributed by atoms with Gasteiger partial charge in [-0.25, -0.2) is 0 Å². The van der Waals surface area contributed by atoms with Gasteiger partial charge in [0.2, 0.25) is 0 Å². The van der Waals surface area contributed by atoms with E-state index in [1.54, 1.807) is 0 Å². The second kappa shape index (κ2) is 6.21. The molecule has 0 saturated carbocycles. The van der Waals surface area contributed by atoms with E-state index in [2.05, 4.69) is 0 Å². The minimum absolute atomic E-state index is 0.0188. The first-order chi connectivity index (χ1) is 7.68. The highest BCUT2D eigenvalue weighted by Gasteiger charge is 2.36. The van der Waals surface area contributed by atoms with E-state index in [1.165, 1.54) is 0 Å². The van der Waals surface area contributed by atoms with Crippen LogP contribution < -0.4 is 5.73 Å². The van der Waals surface area contributed by atoms with Crippen LogP contribution in [0.15, 0.2) is 0 Å². The molecule has 0 aliphatic carbocycles. The third-order valence-corrected chi connectivity index (χ3v) is 3.62. The molecule has 0 aromatic rings. The number of rotatable bonds is 5. The average Bonchev–Trinajstić information content (AvgIpc) is 2.33. The molecule has 0 atom stereocenters. The van der Waals surface area contributed by atoms with Crippen molar-refractivity contribution in [2.24, 2.45) is 11.1 Å². The van der Waals surface area contributed by atoms with Crippen molar-refractivity contribution in [3.8, 4) is 0 Å². The lowest BCUT2D eigenvalue weighted by Crippen LogP contribution is -2.41. The van der Waals surface area contributed by atoms with E-state index >= 15 is 0 Å². The number of carbonyl (C=O) groups is 1. The number of carbonyl (C=O) groups excluding carboxylic acids is 1. The average molecular weight is 229 g/mol. The third-order valence-electron chi connectivity index (χ3n) is 3.62. The van der Waals surface area contributed by atoms with Crippen LogP contribution in [0.2, 0.25) is 0 Å². The molecule has 1 aliphatic heterocycles. The van der Waals surface area contributed by atoms with Crippen molar-refractivity contribution in [3.63, 3.8) is 0 Å². The SMILES string of the molecule is CCC(CC)(CN)C(=O)OC1CCOCC1. The first-order valence-corrected chi connectivity index (χ1v) is 6.17. The van der Waals surface area contributed by atoms with Gasteiger partial charge in [-0.2, -0.15) is 0 Å². The molecule has 1 aliphatic rings. The van der Waals surface area contributed by atoms with Crippen molar-refractivity contribution in [3.05, 3.63) is 0 Å². The molecule has 16 heavy (non-hydrogen) atoms. The molecule has 94 valence electrons. The summed E-state index contributed by atoms with van der Waals surface area (Å²) in [6.45, 7) is 5.71. The normalized spacial score (nSPS) is 18.4. The summed E-state index contributed by atoms with van der Waals surface area (Å²) in [6, 6.07) is 0. The van der Waals surface area contributed by atoms with Gasteiger partial charge in [0.1, 0.15) is 6.10 Å². The van der Waals surface area contributed by atoms with Crippen LogP contribution in [0.4, 0.5) is 0 Å². The van der Waals surface area contributed by atoms with Gasteiger partial charge in [0, 0.05) is 19.4 Å². The van der Waals surface area contributed by atoms with Gasteiger partial charge in [-0.05, 0) is 12.8 Å². The summed E-state index contributed by atoms with van der Waals surface area (Å²) in [5.41, 5.74) is 5.22. The maximum atomic E-state index is 12.1. The van der Waals surface area contributed by atoms with Gasteiger partial charge in [-0.1, -0.05) is 13.8 Å². The summed E-state index contributed by atoms with van der Waals surface area (Å²) >= 11 is 0. The first-order valence-electron chi connectivity index (χ1n) is 6.17. The zero-order valence-electron chi connectivity index (χ0n) is 10.3. The molecule has 0 aromatic heterocycles. The van der Waals surface area contributed by atoms with Gasteiger partial charge in [0.25, 0.3) is 0 Å². The Hall–Kier alpha value is -0.610. The molecule has 0 radical (unpaired) electrons. The number of hydrogen-bond donors (Lipinski definition) is 1. The molecule has 4 heteroatoms. The van der Waals surface area contributed by atoms with Crippen LogP contribution in [0.25, 0.3) is 0 Å². The maximum absolute atomic E-state index is 12.1. The monoisotopic (exact) mass is 229 g/mol. The predicted molar refractivity (Wildman–Crippen MR) is 62.0 cm³/mol. The van der Waals surface area contributed by atoms with Crippen LogP contribution >= 0.6 is 0 Å². The number of hydrogen-bond acceptors (Lipinski definition) is 4. The van der Waals surface area contributed by atoms with Crippen LogP contribution in [-0.2, 0) is 14.3 Å².